The number of hydrogen-bond acceptors (Lipinski definition) is 2. The van der Waals surface area contributed by atoms with Crippen molar-refractivity contribution < 1.29 is 0 Å². The molecule has 0 unspecified atom stereocenters. The van der Waals surface area contributed by atoms with Crippen LogP contribution < -0.4 is 0 Å². The van der Waals surface area contributed by atoms with Crippen molar-refractivity contribution in [3.8, 4) is 0 Å². The third kappa shape index (κ3) is 3.33. The first kappa shape index (κ1) is 10.5. The van der Waals surface area contributed by atoms with Crippen LogP contribution in [0, 0.1) is 0 Å². The fourth-order valence-electron chi connectivity index (χ4n) is 1.01. The van der Waals surface area contributed by atoms with Gasteiger partial charge in [0.1, 0.15) is 0 Å². The Morgan fingerprint density at radius 3 is 2.46 bits per heavy atom. The van der Waals surface area contributed by atoms with Gasteiger partial charge in [-0.3, -0.25) is 0 Å². The second-order valence-electron chi connectivity index (χ2n) is 2.51. The minimum absolute atomic E-state index is 0.817. The van der Waals surface area contributed by atoms with Gasteiger partial charge in [-0.1, -0.05) is 54.7 Å². The fraction of sp³-hybridized carbons (Fsp3) is 0.0909. The van der Waals surface area contributed by atoms with Crippen LogP contribution in [0.25, 0.3) is 4.91 Å². The standard InChI is InChI=1S/C11H12S2/c1-3-11(13-9(2)12)10-7-5-4-6-8-10/h3-8,12H,2H2,1H3/b11-3-. The molecule has 0 bridgehead atoms. The van der Waals surface area contributed by atoms with Gasteiger partial charge in [0.15, 0.2) is 0 Å². The van der Waals surface area contributed by atoms with Crippen molar-refractivity contribution >= 4 is 29.3 Å². The molecule has 0 aliphatic heterocycles. The molecule has 1 aromatic rings. The topological polar surface area (TPSA) is 0 Å². The molecule has 0 N–H and O–H groups in total. The fourth-order valence-corrected chi connectivity index (χ4v) is 1.93. The van der Waals surface area contributed by atoms with E-state index in [4.69, 9.17) is 0 Å². The Morgan fingerprint density at radius 2 is 2.00 bits per heavy atom. The van der Waals surface area contributed by atoms with Gasteiger partial charge in [0.25, 0.3) is 0 Å². The zero-order chi connectivity index (χ0) is 9.68. The highest BCUT2D eigenvalue weighted by molar-refractivity contribution is 8.21. The molecule has 0 spiro atoms. The molecule has 0 atom stereocenters. The quantitative estimate of drug-likeness (QED) is 0.727. The maximum Gasteiger partial charge on any atom is 0.0347 e. The molecule has 1 aromatic carbocycles. The highest BCUT2D eigenvalue weighted by atomic mass is 32.2. The van der Waals surface area contributed by atoms with Gasteiger partial charge in [0.05, 0.1) is 0 Å². The zero-order valence-electron chi connectivity index (χ0n) is 7.53. The highest BCUT2D eigenvalue weighted by Crippen LogP contribution is 2.33. The Balaban J connectivity index is 2.86. The third-order valence-electron chi connectivity index (χ3n) is 1.55. The largest absolute Gasteiger partial charge is 0.137 e. The molecule has 0 heterocycles. The van der Waals surface area contributed by atoms with Crippen molar-refractivity contribution in [2.75, 3.05) is 0 Å². The minimum atomic E-state index is 0.817. The monoisotopic (exact) mass is 208 g/mol. The van der Waals surface area contributed by atoms with E-state index in [0.29, 0.717) is 0 Å². The van der Waals surface area contributed by atoms with Gasteiger partial charge in [0, 0.05) is 9.14 Å². The number of thioether (sulfide) groups is 1. The smallest absolute Gasteiger partial charge is 0.0347 e. The lowest BCUT2D eigenvalue weighted by atomic mass is 10.2. The number of hydrogen-bond donors (Lipinski definition) is 1. The van der Waals surface area contributed by atoms with E-state index >= 15 is 0 Å². The Kier molecular flexibility index (Phi) is 4.19. The van der Waals surface area contributed by atoms with E-state index in [9.17, 15) is 0 Å². The highest BCUT2D eigenvalue weighted by Gasteiger charge is 2.00. The van der Waals surface area contributed by atoms with E-state index in [0.717, 1.165) is 4.24 Å². The minimum Gasteiger partial charge on any atom is -0.137 e. The molecule has 2 heteroatoms. The van der Waals surface area contributed by atoms with Crippen molar-refractivity contribution in [2.24, 2.45) is 0 Å². The second kappa shape index (κ2) is 5.20. The Labute approximate surface area is 89.2 Å². The molecular formula is C11H12S2. The van der Waals surface area contributed by atoms with Crippen LogP contribution in [-0.4, -0.2) is 0 Å². The lowest BCUT2D eigenvalue weighted by Crippen LogP contribution is -1.77. The van der Waals surface area contributed by atoms with Crippen LogP contribution in [-0.2, 0) is 0 Å². The number of allylic oxidation sites excluding steroid dienone is 1. The SMILES string of the molecule is C=C(S)S/C(=C\C)c1ccccc1. The number of thiol groups is 1. The molecule has 0 radical (unpaired) electrons. The van der Waals surface area contributed by atoms with Gasteiger partial charge in [-0.25, -0.2) is 0 Å². The maximum absolute atomic E-state index is 4.17. The molecular weight excluding hydrogens is 196 g/mol. The summed E-state index contributed by atoms with van der Waals surface area (Å²) in [6, 6.07) is 10.2. The molecule has 0 aliphatic rings. The van der Waals surface area contributed by atoms with Gasteiger partial charge < -0.3 is 0 Å². The average molecular weight is 208 g/mol. The van der Waals surface area contributed by atoms with Gasteiger partial charge in [-0.05, 0) is 12.5 Å². The first-order chi connectivity index (χ1) is 6.24. The Hall–Kier alpha value is -0.600. The molecule has 0 saturated heterocycles. The van der Waals surface area contributed by atoms with Crippen molar-refractivity contribution in [2.45, 2.75) is 6.92 Å². The zero-order valence-corrected chi connectivity index (χ0v) is 9.24. The van der Waals surface area contributed by atoms with Crippen LogP contribution in [0.1, 0.15) is 12.5 Å². The second-order valence-corrected chi connectivity index (χ2v) is 4.49. The molecule has 0 amide bonds. The molecule has 0 saturated carbocycles. The summed E-state index contributed by atoms with van der Waals surface area (Å²) in [7, 11) is 0. The molecule has 0 aromatic heterocycles. The van der Waals surface area contributed by atoms with Crippen LogP contribution >= 0.6 is 24.4 Å². The Bertz CT molecular complexity index is 312. The summed E-state index contributed by atoms with van der Waals surface area (Å²) in [5.41, 5.74) is 1.21. The molecule has 1 rings (SSSR count). The van der Waals surface area contributed by atoms with E-state index in [1.807, 2.05) is 25.1 Å². The van der Waals surface area contributed by atoms with Crippen LogP contribution in [0.4, 0.5) is 0 Å². The van der Waals surface area contributed by atoms with E-state index in [1.54, 1.807) is 11.8 Å². The third-order valence-corrected chi connectivity index (χ3v) is 2.75. The van der Waals surface area contributed by atoms with E-state index < -0.39 is 0 Å². The summed E-state index contributed by atoms with van der Waals surface area (Å²) in [6.45, 7) is 5.77. The van der Waals surface area contributed by atoms with Crippen molar-refractivity contribution in [1.82, 2.24) is 0 Å². The average Bonchev–Trinajstić information content (AvgIpc) is 2.15. The summed E-state index contributed by atoms with van der Waals surface area (Å²) in [5.74, 6) is 0. The number of rotatable bonds is 3. The van der Waals surface area contributed by atoms with Crippen LogP contribution in [0.2, 0.25) is 0 Å². The molecule has 68 valence electrons. The van der Waals surface area contributed by atoms with Crippen molar-refractivity contribution in [3.63, 3.8) is 0 Å². The summed E-state index contributed by atoms with van der Waals surface area (Å²) < 4.78 is 0.817. The normalized spacial score (nSPS) is 11.4. The molecule has 0 aliphatic carbocycles. The molecule has 0 nitrogen and oxygen atoms in total. The Morgan fingerprint density at radius 1 is 1.38 bits per heavy atom. The van der Waals surface area contributed by atoms with Crippen LogP contribution in [0.3, 0.4) is 0 Å². The number of benzene rings is 1. The van der Waals surface area contributed by atoms with E-state index in [2.05, 4.69) is 37.4 Å². The lowest BCUT2D eigenvalue weighted by molar-refractivity contribution is 1.63. The maximum atomic E-state index is 4.17. The molecule has 13 heavy (non-hydrogen) atoms. The van der Waals surface area contributed by atoms with Crippen LogP contribution in [0.5, 0.6) is 0 Å². The van der Waals surface area contributed by atoms with Gasteiger partial charge >= 0.3 is 0 Å². The van der Waals surface area contributed by atoms with E-state index in [1.165, 1.54) is 10.5 Å². The molecule has 0 fully saturated rings. The predicted molar refractivity (Wildman–Crippen MR) is 65.8 cm³/mol. The summed E-state index contributed by atoms with van der Waals surface area (Å²) in [5, 5.41) is 0. The van der Waals surface area contributed by atoms with E-state index in [-0.39, 0.29) is 0 Å². The van der Waals surface area contributed by atoms with Crippen molar-refractivity contribution in [1.29, 1.82) is 0 Å². The first-order valence-electron chi connectivity index (χ1n) is 4.01. The van der Waals surface area contributed by atoms with Crippen molar-refractivity contribution in [3.05, 3.63) is 52.8 Å². The van der Waals surface area contributed by atoms with Gasteiger partial charge in [-0.2, -0.15) is 0 Å². The summed E-state index contributed by atoms with van der Waals surface area (Å²) in [4.78, 5) is 1.20. The summed E-state index contributed by atoms with van der Waals surface area (Å²) >= 11 is 5.75. The first-order valence-corrected chi connectivity index (χ1v) is 5.28. The lowest BCUT2D eigenvalue weighted by Gasteiger charge is -2.04. The van der Waals surface area contributed by atoms with Gasteiger partial charge in [0.2, 0.25) is 0 Å². The van der Waals surface area contributed by atoms with Crippen LogP contribution in [0.15, 0.2) is 47.2 Å². The predicted octanol–water partition coefficient (Wildman–Crippen LogP) is 4.18. The van der Waals surface area contributed by atoms with Gasteiger partial charge in [-0.15, -0.1) is 12.6 Å². The summed E-state index contributed by atoms with van der Waals surface area (Å²) in [6.07, 6.45) is 2.07.